The van der Waals surface area contributed by atoms with Crippen LogP contribution >= 0.6 is 0 Å². The highest BCUT2D eigenvalue weighted by Crippen LogP contribution is 2.35. The molecule has 1 amide bonds. The van der Waals surface area contributed by atoms with Crippen LogP contribution in [0.3, 0.4) is 0 Å². The van der Waals surface area contributed by atoms with E-state index in [9.17, 15) is 4.79 Å². The molecule has 1 aromatic rings. The molecular weight excluding hydrogens is 280 g/mol. The maximum Gasteiger partial charge on any atom is 0.248 e. The third-order valence-corrected chi connectivity index (χ3v) is 5.09. The van der Waals surface area contributed by atoms with Crippen molar-refractivity contribution < 1.29 is 9.32 Å². The van der Waals surface area contributed by atoms with Gasteiger partial charge >= 0.3 is 0 Å². The van der Waals surface area contributed by atoms with Gasteiger partial charge < -0.3 is 15.6 Å². The second-order valence-corrected chi connectivity index (χ2v) is 6.88. The van der Waals surface area contributed by atoms with Gasteiger partial charge in [-0.15, -0.1) is 0 Å². The molecule has 0 spiro atoms. The van der Waals surface area contributed by atoms with Crippen molar-refractivity contribution in [2.24, 2.45) is 11.7 Å². The van der Waals surface area contributed by atoms with E-state index in [0.717, 1.165) is 51.4 Å². The van der Waals surface area contributed by atoms with Crippen LogP contribution in [0.4, 0.5) is 0 Å². The fourth-order valence-corrected chi connectivity index (χ4v) is 3.60. The fraction of sp³-hybridized carbons (Fsp3) is 0.812. The maximum absolute atomic E-state index is 12.3. The minimum Gasteiger partial charge on any atom is -0.344 e. The average Bonchev–Trinajstić information content (AvgIpc) is 3.18. The topological polar surface area (TPSA) is 94.0 Å². The van der Waals surface area contributed by atoms with Crippen LogP contribution in [0.1, 0.15) is 82.5 Å². The molecule has 0 aromatic carbocycles. The Kier molecular flexibility index (Phi) is 4.47. The highest BCUT2D eigenvalue weighted by atomic mass is 16.5. The quantitative estimate of drug-likeness (QED) is 0.891. The van der Waals surface area contributed by atoms with E-state index in [1.165, 1.54) is 6.42 Å². The summed E-state index contributed by atoms with van der Waals surface area (Å²) in [5, 5.41) is 7.05. The number of aromatic nitrogens is 2. The first-order chi connectivity index (χ1) is 10.6. The van der Waals surface area contributed by atoms with Gasteiger partial charge in [0.25, 0.3) is 0 Å². The first-order valence-electron chi connectivity index (χ1n) is 8.52. The summed E-state index contributed by atoms with van der Waals surface area (Å²) in [5.41, 5.74) is 5.89. The molecule has 0 aliphatic heterocycles. The first kappa shape index (κ1) is 15.5. The molecule has 3 rings (SSSR count). The van der Waals surface area contributed by atoms with Crippen molar-refractivity contribution in [3.05, 3.63) is 11.7 Å². The SMILES string of the molecule is C[C@H](NC(=O)C1CCCCC1)c1nc(C2(N)CCCC2)no1. The number of nitrogens with zero attached hydrogens (tertiary/aromatic N) is 2. The lowest BCUT2D eigenvalue weighted by Gasteiger charge is -2.22. The lowest BCUT2D eigenvalue weighted by molar-refractivity contribution is -0.126. The molecule has 6 nitrogen and oxygen atoms in total. The zero-order valence-corrected chi connectivity index (χ0v) is 13.3. The molecule has 0 saturated heterocycles. The van der Waals surface area contributed by atoms with E-state index in [-0.39, 0.29) is 17.9 Å². The van der Waals surface area contributed by atoms with Crippen LogP contribution in [0.25, 0.3) is 0 Å². The van der Waals surface area contributed by atoms with Crippen molar-refractivity contribution in [3.8, 4) is 0 Å². The van der Waals surface area contributed by atoms with E-state index >= 15 is 0 Å². The van der Waals surface area contributed by atoms with E-state index in [1.807, 2.05) is 6.92 Å². The summed E-state index contributed by atoms with van der Waals surface area (Å²) in [6.45, 7) is 1.88. The molecule has 1 aromatic heterocycles. The van der Waals surface area contributed by atoms with Gasteiger partial charge in [-0.25, -0.2) is 0 Å². The largest absolute Gasteiger partial charge is 0.344 e. The minimum atomic E-state index is -0.450. The summed E-state index contributed by atoms with van der Waals surface area (Å²) >= 11 is 0. The Labute approximate surface area is 131 Å². The number of carbonyl (C=O) groups is 1. The number of hydrogen-bond donors (Lipinski definition) is 2. The molecule has 0 unspecified atom stereocenters. The van der Waals surface area contributed by atoms with Crippen LogP contribution in [-0.4, -0.2) is 16.0 Å². The third-order valence-electron chi connectivity index (χ3n) is 5.09. The molecule has 2 aliphatic carbocycles. The number of amides is 1. The number of hydrogen-bond acceptors (Lipinski definition) is 5. The second-order valence-electron chi connectivity index (χ2n) is 6.88. The van der Waals surface area contributed by atoms with Gasteiger partial charge in [-0.2, -0.15) is 4.98 Å². The smallest absolute Gasteiger partial charge is 0.248 e. The van der Waals surface area contributed by atoms with Gasteiger partial charge in [-0.3, -0.25) is 4.79 Å². The zero-order chi connectivity index (χ0) is 15.6. The van der Waals surface area contributed by atoms with Gasteiger partial charge in [0, 0.05) is 5.92 Å². The van der Waals surface area contributed by atoms with Crippen molar-refractivity contribution in [2.45, 2.75) is 76.3 Å². The highest BCUT2D eigenvalue weighted by molar-refractivity contribution is 5.79. The Morgan fingerprint density at radius 3 is 2.64 bits per heavy atom. The number of nitrogens with one attached hydrogen (secondary N) is 1. The van der Waals surface area contributed by atoms with Crippen LogP contribution in [0.15, 0.2) is 4.52 Å². The normalized spacial score (nSPS) is 23.4. The summed E-state index contributed by atoms with van der Waals surface area (Å²) in [6.07, 6.45) is 9.51. The predicted molar refractivity (Wildman–Crippen MR) is 81.8 cm³/mol. The second kappa shape index (κ2) is 6.36. The van der Waals surface area contributed by atoms with Crippen LogP contribution in [0.2, 0.25) is 0 Å². The molecule has 0 radical (unpaired) electrons. The molecule has 2 saturated carbocycles. The van der Waals surface area contributed by atoms with Crippen LogP contribution in [-0.2, 0) is 10.3 Å². The van der Waals surface area contributed by atoms with E-state index < -0.39 is 5.54 Å². The van der Waals surface area contributed by atoms with E-state index in [2.05, 4.69) is 15.5 Å². The van der Waals surface area contributed by atoms with E-state index in [1.54, 1.807) is 0 Å². The van der Waals surface area contributed by atoms with Crippen LogP contribution in [0, 0.1) is 5.92 Å². The molecule has 1 heterocycles. The van der Waals surface area contributed by atoms with Gasteiger partial charge in [-0.1, -0.05) is 37.3 Å². The number of nitrogens with two attached hydrogens (primary N) is 1. The standard InChI is InChI=1S/C16H26N4O2/c1-11(18-13(21)12-7-3-2-4-8-12)14-19-15(20-22-14)16(17)9-5-6-10-16/h11-12H,2-10,17H2,1H3,(H,18,21)/t11-/m0/s1. The monoisotopic (exact) mass is 306 g/mol. The molecule has 22 heavy (non-hydrogen) atoms. The molecule has 1 atom stereocenters. The molecular formula is C16H26N4O2. The lowest BCUT2D eigenvalue weighted by Crippen LogP contribution is -2.35. The molecule has 122 valence electrons. The van der Waals surface area contributed by atoms with Crippen LogP contribution < -0.4 is 11.1 Å². The highest BCUT2D eigenvalue weighted by Gasteiger charge is 2.36. The van der Waals surface area contributed by atoms with E-state index in [0.29, 0.717) is 11.7 Å². The predicted octanol–water partition coefficient (Wildman–Crippen LogP) is 2.56. The molecule has 3 N–H and O–H groups in total. The Balaban J connectivity index is 1.61. The number of carbonyl (C=O) groups excluding carboxylic acids is 1. The summed E-state index contributed by atoms with van der Waals surface area (Å²) < 4.78 is 5.34. The molecule has 0 bridgehead atoms. The fourth-order valence-electron chi connectivity index (χ4n) is 3.60. The van der Waals surface area contributed by atoms with Crippen molar-refractivity contribution in [2.75, 3.05) is 0 Å². The van der Waals surface area contributed by atoms with E-state index in [4.69, 9.17) is 10.3 Å². The first-order valence-corrected chi connectivity index (χ1v) is 8.52. The summed E-state index contributed by atoms with van der Waals surface area (Å²) in [6, 6.07) is -0.263. The average molecular weight is 306 g/mol. The third kappa shape index (κ3) is 3.16. The summed E-state index contributed by atoms with van der Waals surface area (Å²) in [4.78, 5) is 16.7. The van der Waals surface area contributed by atoms with Gasteiger partial charge in [0.2, 0.25) is 11.8 Å². The Morgan fingerprint density at radius 2 is 1.95 bits per heavy atom. The van der Waals surface area contributed by atoms with Gasteiger partial charge in [-0.05, 0) is 32.6 Å². The summed E-state index contributed by atoms with van der Waals surface area (Å²) in [7, 11) is 0. The Hall–Kier alpha value is -1.43. The molecule has 6 heteroatoms. The Morgan fingerprint density at radius 1 is 1.27 bits per heavy atom. The molecule has 2 fully saturated rings. The van der Waals surface area contributed by atoms with Gasteiger partial charge in [0.1, 0.15) is 6.04 Å². The zero-order valence-electron chi connectivity index (χ0n) is 13.3. The number of rotatable bonds is 4. The van der Waals surface area contributed by atoms with Gasteiger partial charge in [0.05, 0.1) is 5.54 Å². The van der Waals surface area contributed by atoms with Crippen molar-refractivity contribution in [1.82, 2.24) is 15.5 Å². The maximum atomic E-state index is 12.3. The van der Waals surface area contributed by atoms with Crippen molar-refractivity contribution >= 4 is 5.91 Å². The minimum absolute atomic E-state index is 0.107. The van der Waals surface area contributed by atoms with Crippen molar-refractivity contribution in [1.29, 1.82) is 0 Å². The van der Waals surface area contributed by atoms with Crippen LogP contribution in [0.5, 0.6) is 0 Å². The molecule has 2 aliphatic rings. The lowest BCUT2D eigenvalue weighted by atomic mass is 9.88. The summed E-state index contributed by atoms with van der Waals surface area (Å²) in [5.74, 6) is 1.28. The Bertz CT molecular complexity index is 516. The van der Waals surface area contributed by atoms with Crippen molar-refractivity contribution in [3.63, 3.8) is 0 Å². The van der Waals surface area contributed by atoms with Gasteiger partial charge in [0.15, 0.2) is 5.82 Å².